The summed E-state index contributed by atoms with van der Waals surface area (Å²) >= 11 is 0. The number of nitrogens with zero attached hydrogens (tertiary/aromatic N) is 2. The maximum Gasteiger partial charge on any atom is 0.255 e. The van der Waals surface area contributed by atoms with Crippen molar-refractivity contribution in [2.45, 2.75) is 19.3 Å². The van der Waals surface area contributed by atoms with Crippen molar-refractivity contribution in [2.24, 2.45) is 4.99 Å². The lowest BCUT2D eigenvalue weighted by Crippen LogP contribution is -2.45. The number of guanidine groups is 1. The Morgan fingerprint density at radius 1 is 1.27 bits per heavy atom. The molecule has 122 valence electrons. The van der Waals surface area contributed by atoms with Crippen LogP contribution in [0, 0.1) is 0 Å². The smallest absolute Gasteiger partial charge is 0.255 e. The van der Waals surface area contributed by atoms with Crippen LogP contribution in [-0.2, 0) is 0 Å². The van der Waals surface area contributed by atoms with Crippen LogP contribution in [0.4, 0.5) is 8.78 Å². The van der Waals surface area contributed by atoms with E-state index in [9.17, 15) is 8.78 Å². The summed E-state index contributed by atoms with van der Waals surface area (Å²) in [5, 5.41) is 2.71. The predicted octanol–water partition coefficient (Wildman–Crippen LogP) is 3.62. The van der Waals surface area contributed by atoms with Crippen molar-refractivity contribution in [2.75, 3.05) is 26.7 Å². The third-order valence-corrected chi connectivity index (χ3v) is 3.50. The Morgan fingerprint density at radius 2 is 1.91 bits per heavy atom. The highest BCUT2D eigenvalue weighted by atomic mass is 127. The third kappa shape index (κ3) is 5.90. The zero-order valence-corrected chi connectivity index (χ0v) is 15.0. The first-order valence-electron chi connectivity index (χ1n) is 7.17. The van der Waals surface area contributed by atoms with E-state index < -0.39 is 6.43 Å². The molecule has 0 aromatic heterocycles. The van der Waals surface area contributed by atoms with Gasteiger partial charge in [0.05, 0.1) is 6.54 Å². The highest BCUT2D eigenvalue weighted by molar-refractivity contribution is 14.0. The van der Waals surface area contributed by atoms with Crippen molar-refractivity contribution in [1.82, 2.24) is 10.2 Å². The number of alkyl halides is 2. The van der Waals surface area contributed by atoms with Gasteiger partial charge in [0.1, 0.15) is 0 Å². The number of hydrogen-bond acceptors (Lipinski definition) is 1. The van der Waals surface area contributed by atoms with Crippen LogP contribution >= 0.6 is 24.0 Å². The van der Waals surface area contributed by atoms with Crippen LogP contribution in [0.15, 0.2) is 40.9 Å². The Balaban J connectivity index is 0.00000242. The standard InChI is InChI=1S/C16H21F2N3.HI/c1-19-16(20-12-15(17)18)21-9-7-14(8-10-21)11-13-5-3-2-4-6-13;/h2-6,11,15H,7-10,12H2,1H3,(H,19,20);1H. The van der Waals surface area contributed by atoms with Gasteiger partial charge in [-0.15, -0.1) is 24.0 Å². The van der Waals surface area contributed by atoms with Crippen molar-refractivity contribution in [3.05, 3.63) is 41.5 Å². The van der Waals surface area contributed by atoms with Crippen LogP contribution < -0.4 is 5.32 Å². The molecule has 1 aliphatic rings. The minimum atomic E-state index is -2.36. The van der Waals surface area contributed by atoms with Gasteiger partial charge in [0.25, 0.3) is 6.43 Å². The van der Waals surface area contributed by atoms with Gasteiger partial charge < -0.3 is 10.2 Å². The van der Waals surface area contributed by atoms with Crippen LogP contribution in [0.25, 0.3) is 6.08 Å². The van der Waals surface area contributed by atoms with Crippen molar-refractivity contribution < 1.29 is 8.78 Å². The van der Waals surface area contributed by atoms with Gasteiger partial charge in [0.2, 0.25) is 0 Å². The van der Waals surface area contributed by atoms with E-state index >= 15 is 0 Å². The Kier molecular flexibility index (Phi) is 8.37. The number of halogens is 3. The average molecular weight is 421 g/mol. The van der Waals surface area contributed by atoms with Gasteiger partial charge in [-0.05, 0) is 18.4 Å². The molecule has 0 unspecified atom stereocenters. The summed E-state index contributed by atoms with van der Waals surface area (Å²) in [4.78, 5) is 6.10. The summed E-state index contributed by atoms with van der Waals surface area (Å²) in [6.07, 6.45) is 1.72. The molecular weight excluding hydrogens is 399 g/mol. The van der Waals surface area contributed by atoms with Gasteiger partial charge in [0, 0.05) is 20.1 Å². The van der Waals surface area contributed by atoms with Gasteiger partial charge in [-0.2, -0.15) is 0 Å². The fourth-order valence-electron chi connectivity index (χ4n) is 2.44. The molecule has 3 nitrogen and oxygen atoms in total. The van der Waals surface area contributed by atoms with Gasteiger partial charge in [-0.1, -0.05) is 42.0 Å². The molecular formula is C16H22F2IN3. The second-order valence-corrected chi connectivity index (χ2v) is 5.02. The Morgan fingerprint density at radius 3 is 2.45 bits per heavy atom. The molecule has 0 aliphatic carbocycles. The quantitative estimate of drug-likeness (QED) is 0.459. The van der Waals surface area contributed by atoms with Gasteiger partial charge in [-0.3, -0.25) is 4.99 Å². The highest BCUT2D eigenvalue weighted by Crippen LogP contribution is 2.19. The van der Waals surface area contributed by atoms with E-state index in [4.69, 9.17) is 0 Å². The Bertz CT molecular complexity index is 493. The van der Waals surface area contributed by atoms with Crippen LogP contribution in [0.3, 0.4) is 0 Å². The van der Waals surface area contributed by atoms with Crippen molar-refractivity contribution in [3.63, 3.8) is 0 Å². The topological polar surface area (TPSA) is 27.6 Å². The van der Waals surface area contributed by atoms with E-state index in [0.29, 0.717) is 5.96 Å². The summed E-state index contributed by atoms with van der Waals surface area (Å²) in [6.45, 7) is 1.26. The van der Waals surface area contributed by atoms with Crippen LogP contribution in [0.5, 0.6) is 0 Å². The maximum atomic E-state index is 12.3. The first kappa shape index (κ1) is 18.9. The minimum Gasteiger partial charge on any atom is -0.351 e. The molecule has 1 aromatic rings. The van der Waals surface area contributed by atoms with Crippen LogP contribution in [0.1, 0.15) is 18.4 Å². The molecule has 2 rings (SSSR count). The van der Waals surface area contributed by atoms with Gasteiger partial charge in [0.15, 0.2) is 5.96 Å². The van der Waals surface area contributed by atoms with E-state index in [2.05, 4.69) is 28.5 Å². The van der Waals surface area contributed by atoms with Crippen molar-refractivity contribution in [1.29, 1.82) is 0 Å². The minimum absolute atomic E-state index is 0. The number of rotatable bonds is 3. The largest absolute Gasteiger partial charge is 0.351 e. The lowest BCUT2D eigenvalue weighted by Gasteiger charge is -2.31. The van der Waals surface area contributed by atoms with E-state index in [1.165, 1.54) is 11.1 Å². The monoisotopic (exact) mass is 421 g/mol. The van der Waals surface area contributed by atoms with E-state index in [1.807, 2.05) is 23.1 Å². The molecule has 0 bridgehead atoms. The summed E-state index contributed by atoms with van der Waals surface area (Å²) in [5.74, 6) is 0.564. The normalized spacial score (nSPS) is 15.5. The van der Waals surface area contributed by atoms with Gasteiger partial charge >= 0.3 is 0 Å². The van der Waals surface area contributed by atoms with Crippen molar-refractivity contribution >= 4 is 36.0 Å². The zero-order valence-electron chi connectivity index (χ0n) is 12.6. The fourth-order valence-corrected chi connectivity index (χ4v) is 2.44. The second kappa shape index (κ2) is 9.76. The molecule has 6 heteroatoms. The molecule has 1 N–H and O–H groups in total. The van der Waals surface area contributed by atoms with Crippen LogP contribution in [0.2, 0.25) is 0 Å². The first-order valence-corrected chi connectivity index (χ1v) is 7.17. The second-order valence-electron chi connectivity index (χ2n) is 5.02. The molecule has 0 saturated carbocycles. The van der Waals surface area contributed by atoms with E-state index in [1.54, 1.807) is 7.05 Å². The summed E-state index contributed by atoms with van der Waals surface area (Å²) in [6, 6.07) is 10.2. The summed E-state index contributed by atoms with van der Waals surface area (Å²) in [7, 11) is 1.63. The molecule has 0 radical (unpaired) electrons. The Labute approximate surface area is 147 Å². The highest BCUT2D eigenvalue weighted by Gasteiger charge is 2.17. The lowest BCUT2D eigenvalue weighted by atomic mass is 10.0. The van der Waals surface area contributed by atoms with Crippen LogP contribution in [-0.4, -0.2) is 44.0 Å². The molecule has 0 amide bonds. The lowest BCUT2D eigenvalue weighted by molar-refractivity contribution is 0.150. The molecule has 0 atom stereocenters. The number of benzene rings is 1. The maximum absolute atomic E-state index is 12.3. The molecule has 1 saturated heterocycles. The molecule has 1 aliphatic heterocycles. The summed E-state index contributed by atoms with van der Waals surface area (Å²) < 4.78 is 24.5. The number of hydrogen-bond donors (Lipinski definition) is 1. The SMILES string of the molecule is CN=C(NCC(F)F)N1CCC(=Cc2ccccc2)CC1.I. The number of aliphatic imine (C=N–C) groups is 1. The number of likely N-dealkylation sites (tertiary alicyclic amines) is 1. The summed E-state index contributed by atoms with van der Waals surface area (Å²) in [5.41, 5.74) is 2.60. The number of nitrogens with one attached hydrogen (secondary N) is 1. The molecule has 1 aromatic carbocycles. The third-order valence-electron chi connectivity index (χ3n) is 3.50. The molecule has 0 spiro atoms. The van der Waals surface area contributed by atoms with Gasteiger partial charge in [-0.25, -0.2) is 8.78 Å². The zero-order chi connectivity index (χ0) is 15.1. The number of piperidine rings is 1. The molecule has 1 heterocycles. The van der Waals surface area contributed by atoms with E-state index in [0.717, 1.165) is 25.9 Å². The molecule has 1 fully saturated rings. The Hall–Kier alpha value is -1.18. The molecule has 22 heavy (non-hydrogen) atoms. The fraction of sp³-hybridized carbons (Fsp3) is 0.438. The average Bonchev–Trinajstić information content (AvgIpc) is 2.50. The van der Waals surface area contributed by atoms with Crippen molar-refractivity contribution in [3.8, 4) is 0 Å². The predicted molar refractivity (Wildman–Crippen MR) is 98.0 cm³/mol. The first-order chi connectivity index (χ1) is 10.2. The van der Waals surface area contributed by atoms with E-state index in [-0.39, 0.29) is 30.5 Å².